The van der Waals surface area contributed by atoms with E-state index in [1.54, 1.807) is 0 Å². The van der Waals surface area contributed by atoms with Gasteiger partial charge in [-0.1, -0.05) is 63.2 Å². The smallest absolute Gasteiger partial charge is 0.226 e. The minimum atomic E-state index is -0.0133. The van der Waals surface area contributed by atoms with Crippen molar-refractivity contribution in [1.82, 2.24) is 20.8 Å². The molecule has 6 heteroatoms. The first-order valence-corrected chi connectivity index (χ1v) is 9.82. The van der Waals surface area contributed by atoms with Gasteiger partial charge < -0.3 is 15.2 Å². The number of rotatable bonds is 9. The molecule has 0 aliphatic carbocycles. The first-order chi connectivity index (χ1) is 12.9. The van der Waals surface area contributed by atoms with Crippen molar-refractivity contribution in [2.45, 2.75) is 58.8 Å². The van der Waals surface area contributed by atoms with Gasteiger partial charge in [-0.15, -0.1) is 0 Å². The van der Waals surface area contributed by atoms with E-state index in [-0.39, 0.29) is 5.41 Å². The summed E-state index contributed by atoms with van der Waals surface area (Å²) in [6.45, 7) is 13.0. The predicted molar refractivity (Wildman–Crippen MR) is 110 cm³/mol. The monoisotopic (exact) mass is 371 g/mol. The molecule has 0 fully saturated rings. The number of aromatic nitrogens is 2. The van der Waals surface area contributed by atoms with Crippen LogP contribution in [0.1, 0.15) is 64.2 Å². The highest BCUT2D eigenvalue weighted by Gasteiger charge is 2.20. The Morgan fingerprint density at radius 2 is 1.93 bits per heavy atom. The van der Waals surface area contributed by atoms with E-state index in [0.29, 0.717) is 18.4 Å². The number of aliphatic imine (C=N–C) groups is 1. The third-order valence-corrected chi connectivity index (χ3v) is 4.39. The lowest BCUT2D eigenvalue weighted by atomic mass is 9.85. The molecule has 6 nitrogen and oxygen atoms in total. The topological polar surface area (TPSA) is 75.3 Å². The molecule has 148 valence electrons. The SMILES string of the molecule is CCNC(=NCC(C)(C)c1ccccc1)NCCCc1nc(C(C)C)no1. The van der Waals surface area contributed by atoms with Crippen molar-refractivity contribution >= 4 is 5.96 Å². The van der Waals surface area contributed by atoms with Crippen LogP contribution >= 0.6 is 0 Å². The van der Waals surface area contributed by atoms with Crippen LogP contribution < -0.4 is 10.6 Å². The maximum absolute atomic E-state index is 5.29. The summed E-state index contributed by atoms with van der Waals surface area (Å²) in [6, 6.07) is 10.5. The molecule has 0 bridgehead atoms. The molecule has 0 spiro atoms. The van der Waals surface area contributed by atoms with Gasteiger partial charge in [0.25, 0.3) is 0 Å². The molecule has 2 N–H and O–H groups in total. The molecule has 0 amide bonds. The molecule has 0 atom stereocenters. The average Bonchev–Trinajstić information content (AvgIpc) is 3.13. The van der Waals surface area contributed by atoms with Gasteiger partial charge in [-0.3, -0.25) is 4.99 Å². The van der Waals surface area contributed by atoms with Crippen LogP contribution in [0.2, 0.25) is 0 Å². The molecule has 2 rings (SSSR count). The summed E-state index contributed by atoms with van der Waals surface area (Å²) in [5, 5.41) is 10.7. The number of guanidine groups is 1. The van der Waals surface area contributed by atoms with Crippen molar-refractivity contribution in [2.24, 2.45) is 4.99 Å². The fourth-order valence-corrected chi connectivity index (χ4v) is 2.65. The molecule has 0 radical (unpaired) electrons. The Balaban J connectivity index is 1.84. The lowest BCUT2D eigenvalue weighted by molar-refractivity contribution is 0.368. The van der Waals surface area contributed by atoms with Gasteiger partial charge in [-0.25, -0.2) is 0 Å². The second-order valence-corrected chi connectivity index (χ2v) is 7.68. The fraction of sp³-hybridized carbons (Fsp3) is 0.571. The Bertz CT molecular complexity index is 706. The highest BCUT2D eigenvalue weighted by Crippen LogP contribution is 2.22. The zero-order chi connectivity index (χ0) is 19.7. The Kier molecular flexibility index (Phi) is 7.82. The van der Waals surface area contributed by atoms with Crippen LogP contribution in [0, 0.1) is 0 Å². The van der Waals surface area contributed by atoms with Crippen LogP contribution in [0.3, 0.4) is 0 Å². The molecule has 27 heavy (non-hydrogen) atoms. The largest absolute Gasteiger partial charge is 0.357 e. The summed E-state index contributed by atoms with van der Waals surface area (Å²) < 4.78 is 5.29. The molecule has 0 unspecified atom stereocenters. The number of hydrogen-bond acceptors (Lipinski definition) is 4. The highest BCUT2D eigenvalue weighted by molar-refractivity contribution is 5.79. The lowest BCUT2D eigenvalue weighted by Gasteiger charge is -2.23. The Hall–Kier alpha value is -2.37. The van der Waals surface area contributed by atoms with Gasteiger partial charge in [0.05, 0.1) is 6.54 Å². The van der Waals surface area contributed by atoms with E-state index in [2.05, 4.69) is 79.7 Å². The highest BCUT2D eigenvalue weighted by atomic mass is 16.5. The van der Waals surface area contributed by atoms with Gasteiger partial charge in [-0.05, 0) is 18.9 Å². The van der Waals surface area contributed by atoms with Crippen LogP contribution in [-0.2, 0) is 11.8 Å². The van der Waals surface area contributed by atoms with Gasteiger partial charge in [0.2, 0.25) is 5.89 Å². The maximum Gasteiger partial charge on any atom is 0.226 e. The number of nitrogens with one attached hydrogen (secondary N) is 2. The molecule has 1 aromatic carbocycles. The standard InChI is InChI=1S/C21H33N5O/c1-6-22-20(24-15-21(4,5)17-11-8-7-9-12-17)23-14-10-13-18-25-19(16(2)3)26-27-18/h7-9,11-12,16H,6,10,13-15H2,1-5H3,(H2,22,23,24). The molecular weight excluding hydrogens is 338 g/mol. The van der Waals surface area contributed by atoms with E-state index in [4.69, 9.17) is 9.52 Å². The number of hydrogen-bond donors (Lipinski definition) is 2. The van der Waals surface area contributed by atoms with Crippen molar-refractivity contribution < 1.29 is 4.52 Å². The summed E-state index contributed by atoms with van der Waals surface area (Å²) in [5.74, 6) is 2.61. The van der Waals surface area contributed by atoms with E-state index >= 15 is 0 Å². The molecule has 2 aromatic rings. The normalized spacial score (nSPS) is 12.4. The first-order valence-electron chi connectivity index (χ1n) is 9.82. The van der Waals surface area contributed by atoms with Crippen LogP contribution in [0.25, 0.3) is 0 Å². The maximum atomic E-state index is 5.29. The zero-order valence-corrected chi connectivity index (χ0v) is 17.2. The van der Waals surface area contributed by atoms with Gasteiger partial charge in [0.1, 0.15) is 0 Å². The Morgan fingerprint density at radius 3 is 2.56 bits per heavy atom. The molecule has 0 saturated heterocycles. The second-order valence-electron chi connectivity index (χ2n) is 7.68. The van der Waals surface area contributed by atoms with E-state index in [1.807, 2.05) is 6.07 Å². The van der Waals surface area contributed by atoms with Crippen LogP contribution in [0.15, 0.2) is 39.8 Å². The van der Waals surface area contributed by atoms with Crippen molar-refractivity contribution in [2.75, 3.05) is 19.6 Å². The zero-order valence-electron chi connectivity index (χ0n) is 17.2. The molecule has 1 aromatic heterocycles. The van der Waals surface area contributed by atoms with Crippen LogP contribution in [0.4, 0.5) is 0 Å². The van der Waals surface area contributed by atoms with Crippen molar-refractivity contribution in [3.8, 4) is 0 Å². The summed E-state index contributed by atoms with van der Waals surface area (Å²) >= 11 is 0. The van der Waals surface area contributed by atoms with E-state index in [1.165, 1.54) is 5.56 Å². The molecule has 1 heterocycles. The first kappa shape index (κ1) is 20.9. The number of nitrogens with zero attached hydrogens (tertiary/aromatic N) is 3. The minimum Gasteiger partial charge on any atom is -0.357 e. The average molecular weight is 372 g/mol. The molecule has 0 saturated carbocycles. The summed E-state index contributed by atoms with van der Waals surface area (Å²) in [4.78, 5) is 9.19. The quantitative estimate of drug-likeness (QED) is 0.400. The van der Waals surface area contributed by atoms with Crippen LogP contribution in [-0.4, -0.2) is 35.7 Å². The number of benzene rings is 1. The van der Waals surface area contributed by atoms with Gasteiger partial charge in [-0.2, -0.15) is 4.98 Å². The van der Waals surface area contributed by atoms with Gasteiger partial charge >= 0.3 is 0 Å². The van der Waals surface area contributed by atoms with E-state index in [9.17, 15) is 0 Å². The van der Waals surface area contributed by atoms with Crippen molar-refractivity contribution in [3.05, 3.63) is 47.6 Å². The van der Waals surface area contributed by atoms with Gasteiger partial charge in [0, 0.05) is 30.8 Å². The lowest BCUT2D eigenvalue weighted by Crippen LogP contribution is -2.39. The Morgan fingerprint density at radius 1 is 1.19 bits per heavy atom. The second kappa shape index (κ2) is 10.1. The third-order valence-electron chi connectivity index (χ3n) is 4.39. The van der Waals surface area contributed by atoms with Crippen LogP contribution in [0.5, 0.6) is 0 Å². The molecular formula is C21H33N5O. The van der Waals surface area contributed by atoms with E-state index < -0.39 is 0 Å². The fourth-order valence-electron chi connectivity index (χ4n) is 2.65. The molecule has 0 aliphatic heterocycles. The van der Waals surface area contributed by atoms with Gasteiger partial charge in [0.15, 0.2) is 11.8 Å². The summed E-state index contributed by atoms with van der Waals surface area (Å²) in [6.07, 6.45) is 1.67. The summed E-state index contributed by atoms with van der Waals surface area (Å²) in [5.41, 5.74) is 1.28. The predicted octanol–water partition coefficient (Wildman–Crippen LogP) is 3.66. The van der Waals surface area contributed by atoms with E-state index in [0.717, 1.165) is 37.7 Å². The molecule has 0 aliphatic rings. The number of aryl methyl sites for hydroxylation is 1. The van der Waals surface area contributed by atoms with Crippen molar-refractivity contribution in [3.63, 3.8) is 0 Å². The summed E-state index contributed by atoms with van der Waals surface area (Å²) in [7, 11) is 0. The van der Waals surface area contributed by atoms with Crippen molar-refractivity contribution in [1.29, 1.82) is 0 Å². The Labute approximate surface area is 162 Å². The third kappa shape index (κ3) is 6.70. The minimum absolute atomic E-state index is 0.0133.